The molecular weight excluding hydrogens is 294 g/mol. The summed E-state index contributed by atoms with van der Waals surface area (Å²) in [5.41, 5.74) is 1.35. The molecule has 0 aliphatic rings. The summed E-state index contributed by atoms with van der Waals surface area (Å²) in [4.78, 5) is 19.1. The smallest absolute Gasteiger partial charge is 0.335 e. The van der Waals surface area contributed by atoms with Crippen molar-refractivity contribution < 1.29 is 14.4 Å². The third-order valence-electron chi connectivity index (χ3n) is 2.77. The van der Waals surface area contributed by atoms with E-state index in [4.69, 9.17) is 21.2 Å². The predicted octanol–water partition coefficient (Wildman–Crippen LogP) is 3.15. The van der Waals surface area contributed by atoms with Crippen molar-refractivity contribution in [3.05, 3.63) is 53.3 Å². The number of benzene rings is 1. The van der Waals surface area contributed by atoms with Crippen molar-refractivity contribution in [2.24, 2.45) is 0 Å². The first-order valence-electron chi connectivity index (χ1n) is 5.93. The summed E-state index contributed by atoms with van der Waals surface area (Å²) in [7, 11) is 0. The van der Waals surface area contributed by atoms with E-state index in [9.17, 15) is 4.79 Å². The van der Waals surface area contributed by atoms with Crippen molar-refractivity contribution >= 4 is 17.6 Å². The van der Waals surface area contributed by atoms with Gasteiger partial charge in [-0.05, 0) is 24.3 Å². The minimum atomic E-state index is -1.01. The Morgan fingerprint density at radius 2 is 2.05 bits per heavy atom. The van der Waals surface area contributed by atoms with Gasteiger partial charge in [0.2, 0.25) is 5.82 Å². The van der Waals surface area contributed by atoms with E-state index in [-0.39, 0.29) is 11.5 Å². The third-order valence-corrected chi connectivity index (χ3v) is 2.99. The van der Waals surface area contributed by atoms with Gasteiger partial charge in [-0.1, -0.05) is 28.9 Å². The summed E-state index contributed by atoms with van der Waals surface area (Å²) >= 11 is 5.71. The molecule has 1 N–H and O–H groups in total. The predicted molar refractivity (Wildman–Crippen MR) is 74.9 cm³/mol. The van der Waals surface area contributed by atoms with E-state index >= 15 is 0 Å². The molecule has 21 heavy (non-hydrogen) atoms. The molecule has 1 aromatic carbocycles. The van der Waals surface area contributed by atoms with Crippen molar-refractivity contribution in [3.8, 4) is 22.8 Å². The highest BCUT2D eigenvalue weighted by atomic mass is 35.5. The molecule has 0 spiro atoms. The van der Waals surface area contributed by atoms with Crippen LogP contribution in [0.5, 0.6) is 0 Å². The second kappa shape index (κ2) is 5.34. The monoisotopic (exact) mass is 301 g/mol. The number of nitrogens with zero attached hydrogens (tertiary/aromatic N) is 3. The van der Waals surface area contributed by atoms with Gasteiger partial charge in [0.05, 0.1) is 11.1 Å². The zero-order valence-electron chi connectivity index (χ0n) is 10.5. The van der Waals surface area contributed by atoms with Gasteiger partial charge < -0.3 is 9.63 Å². The van der Waals surface area contributed by atoms with Crippen LogP contribution in [0.1, 0.15) is 10.4 Å². The number of aromatic nitrogens is 3. The second-order valence-corrected chi connectivity index (χ2v) is 4.57. The molecule has 0 radical (unpaired) electrons. The quantitative estimate of drug-likeness (QED) is 0.747. The van der Waals surface area contributed by atoms with Crippen LogP contribution in [-0.4, -0.2) is 26.2 Å². The SMILES string of the molecule is O=C(O)c1cccc(-c2noc(-c3ccc(Cl)nc3)n2)c1. The first kappa shape index (κ1) is 13.3. The van der Waals surface area contributed by atoms with E-state index in [2.05, 4.69) is 15.1 Å². The Kier molecular flexibility index (Phi) is 3.37. The Hall–Kier alpha value is -2.73. The highest BCUT2D eigenvalue weighted by Gasteiger charge is 2.12. The Labute approximate surface area is 124 Å². The molecule has 0 aliphatic carbocycles. The average molecular weight is 302 g/mol. The highest BCUT2D eigenvalue weighted by Crippen LogP contribution is 2.23. The summed E-state index contributed by atoms with van der Waals surface area (Å²) in [6.07, 6.45) is 1.52. The maximum absolute atomic E-state index is 11.0. The van der Waals surface area contributed by atoms with Gasteiger partial charge in [-0.15, -0.1) is 0 Å². The Morgan fingerprint density at radius 1 is 1.19 bits per heavy atom. The van der Waals surface area contributed by atoms with Crippen molar-refractivity contribution in [1.29, 1.82) is 0 Å². The Morgan fingerprint density at radius 3 is 2.76 bits per heavy atom. The molecule has 6 nitrogen and oxygen atoms in total. The first-order valence-corrected chi connectivity index (χ1v) is 6.30. The maximum atomic E-state index is 11.0. The topological polar surface area (TPSA) is 89.1 Å². The van der Waals surface area contributed by atoms with Crippen molar-refractivity contribution in [3.63, 3.8) is 0 Å². The van der Waals surface area contributed by atoms with Crippen LogP contribution in [0.4, 0.5) is 0 Å². The van der Waals surface area contributed by atoms with Crippen LogP contribution in [0, 0.1) is 0 Å². The Bertz CT molecular complexity index is 799. The molecule has 7 heteroatoms. The lowest BCUT2D eigenvalue weighted by Gasteiger charge is -1.96. The van der Waals surface area contributed by atoms with Crippen LogP contribution in [-0.2, 0) is 0 Å². The summed E-state index contributed by atoms with van der Waals surface area (Å²) in [5.74, 6) is -0.416. The van der Waals surface area contributed by atoms with Crippen LogP contribution in [0.2, 0.25) is 5.15 Å². The lowest BCUT2D eigenvalue weighted by Crippen LogP contribution is -1.96. The van der Waals surface area contributed by atoms with Crippen molar-refractivity contribution in [2.75, 3.05) is 0 Å². The van der Waals surface area contributed by atoms with E-state index in [1.54, 1.807) is 24.3 Å². The van der Waals surface area contributed by atoms with Crippen LogP contribution >= 0.6 is 11.6 Å². The summed E-state index contributed by atoms with van der Waals surface area (Å²) in [6.45, 7) is 0. The summed E-state index contributed by atoms with van der Waals surface area (Å²) < 4.78 is 5.15. The van der Waals surface area contributed by atoms with E-state index < -0.39 is 5.97 Å². The molecule has 0 aliphatic heterocycles. The van der Waals surface area contributed by atoms with Crippen molar-refractivity contribution in [2.45, 2.75) is 0 Å². The standard InChI is InChI=1S/C14H8ClN3O3/c15-11-5-4-10(7-16-11)13-17-12(18-21-13)8-2-1-3-9(6-8)14(19)20/h1-7H,(H,19,20). The number of pyridine rings is 1. The zero-order valence-corrected chi connectivity index (χ0v) is 11.3. The lowest BCUT2D eigenvalue weighted by molar-refractivity contribution is 0.0697. The van der Waals surface area contributed by atoms with Gasteiger partial charge in [-0.25, -0.2) is 9.78 Å². The normalized spacial score (nSPS) is 10.5. The van der Waals surface area contributed by atoms with Gasteiger partial charge >= 0.3 is 5.97 Å². The molecule has 0 bridgehead atoms. The van der Waals surface area contributed by atoms with Gasteiger partial charge in [0, 0.05) is 11.8 Å². The molecule has 2 heterocycles. The lowest BCUT2D eigenvalue weighted by atomic mass is 10.1. The fourth-order valence-corrected chi connectivity index (χ4v) is 1.86. The number of hydrogen-bond acceptors (Lipinski definition) is 5. The minimum absolute atomic E-state index is 0.159. The van der Waals surface area contributed by atoms with E-state index in [1.807, 2.05) is 0 Å². The number of hydrogen-bond donors (Lipinski definition) is 1. The van der Waals surface area contributed by atoms with Gasteiger partial charge in [0.1, 0.15) is 5.15 Å². The fraction of sp³-hybridized carbons (Fsp3) is 0. The van der Waals surface area contributed by atoms with Crippen LogP contribution in [0.15, 0.2) is 47.1 Å². The molecule has 0 saturated carbocycles. The molecule has 104 valence electrons. The van der Waals surface area contributed by atoms with E-state index in [0.717, 1.165) is 0 Å². The summed E-state index contributed by atoms with van der Waals surface area (Å²) in [6, 6.07) is 9.64. The number of rotatable bonds is 3. The molecule has 0 amide bonds. The minimum Gasteiger partial charge on any atom is -0.478 e. The van der Waals surface area contributed by atoms with Gasteiger partial charge in [-0.2, -0.15) is 4.98 Å². The number of aromatic carboxylic acids is 1. The number of carbonyl (C=O) groups is 1. The zero-order chi connectivity index (χ0) is 14.8. The second-order valence-electron chi connectivity index (χ2n) is 4.18. The highest BCUT2D eigenvalue weighted by molar-refractivity contribution is 6.29. The summed E-state index contributed by atoms with van der Waals surface area (Å²) in [5, 5.41) is 13.2. The Balaban J connectivity index is 1.96. The van der Waals surface area contributed by atoms with Crippen LogP contribution in [0.3, 0.4) is 0 Å². The van der Waals surface area contributed by atoms with Gasteiger partial charge in [0.15, 0.2) is 0 Å². The van der Waals surface area contributed by atoms with Gasteiger partial charge in [0.25, 0.3) is 5.89 Å². The number of carboxylic acids is 1. The van der Waals surface area contributed by atoms with E-state index in [1.165, 1.54) is 18.3 Å². The number of carboxylic acid groups (broad SMARTS) is 1. The largest absolute Gasteiger partial charge is 0.478 e. The first-order chi connectivity index (χ1) is 10.1. The molecule has 2 aromatic heterocycles. The average Bonchev–Trinajstić information content (AvgIpc) is 2.98. The van der Waals surface area contributed by atoms with E-state index in [0.29, 0.717) is 22.1 Å². The molecular formula is C14H8ClN3O3. The number of halogens is 1. The van der Waals surface area contributed by atoms with Gasteiger partial charge in [-0.3, -0.25) is 0 Å². The molecule has 0 unspecified atom stereocenters. The van der Waals surface area contributed by atoms with Crippen LogP contribution < -0.4 is 0 Å². The molecule has 0 atom stereocenters. The maximum Gasteiger partial charge on any atom is 0.335 e. The molecule has 3 aromatic rings. The molecule has 3 rings (SSSR count). The van der Waals surface area contributed by atoms with Crippen molar-refractivity contribution in [1.82, 2.24) is 15.1 Å². The van der Waals surface area contributed by atoms with Crippen LogP contribution in [0.25, 0.3) is 22.8 Å². The molecule has 0 fully saturated rings. The third kappa shape index (κ3) is 2.75. The fourth-order valence-electron chi connectivity index (χ4n) is 1.75. The molecule has 0 saturated heterocycles.